The minimum Gasteiger partial charge on any atom is -0.216 e. The molecule has 0 bridgehead atoms. The Hall–Kier alpha value is -1.97. The van der Waals surface area contributed by atoms with E-state index in [0.29, 0.717) is 17.0 Å². The molecule has 0 saturated carbocycles. The van der Waals surface area contributed by atoms with Gasteiger partial charge in [0.05, 0.1) is 5.56 Å². The summed E-state index contributed by atoms with van der Waals surface area (Å²) in [4.78, 5) is 8.52. The van der Waals surface area contributed by atoms with E-state index in [4.69, 9.17) is 23.2 Å². The molecule has 0 atom stereocenters. The van der Waals surface area contributed by atoms with Crippen LogP contribution in [-0.2, 0) is 0 Å². The van der Waals surface area contributed by atoms with E-state index < -0.39 is 0 Å². The third-order valence-electron chi connectivity index (χ3n) is 2.99. The van der Waals surface area contributed by atoms with Gasteiger partial charge in [0.25, 0.3) is 0 Å². The molecular weight excluding hydrogens is 310 g/mol. The zero-order chi connectivity index (χ0) is 14.8. The lowest BCUT2D eigenvalue weighted by Gasteiger charge is -2.08. The highest BCUT2D eigenvalue weighted by molar-refractivity contribution is 6.37. The minimum absolute atomic E-state index is 0.264. The fraction of sp³-hybridized carbons (Fsp3) is 0. The van der Waals surface area contributed by atoms with Crippen LogP contribution < -0.4 is 0 Å². The lowest BCUT2D eigenvalue weighted by molar-refractivity contribution is 0.628. The summed E-state index contributed by atoms with van der Waals surface area (Å²) in [7, 11) is 0. The molecule has 0 spiro atoms. The highest BCUT2D eigenvalue weighted by atomic mass is 35.5. The van der Waals surface area contributed by atoms with Crippen LogP contribution in [0.1, 0.15) is 0 Å². The molecule has 0 aliphatic rings. The molecule has 2 nitrogen and oxygen atoms in total. The maximum atomic E-state index is 13.0. The van der Waals surface area contributed by atoms with E-state index in [1.54, 1.807) is 12.1 Å². The lowest BCUT2D eigenvalue weighted by atomic mass is 10.1. The molecule has 0 fully saturated rings. The second-order valence-corrected chi connectivity index (χ2v) is 5.09. The van der Waals surface area contributed by atoms with Crippen molar-refractivity contribution in [3.05, 3.63) is 70.7 Å². The van der Waals surface area contributed by atoms with Crippen molar-refractivity contribution < 1.29 is 4.39 Å². The quantitative estimate of drug-likeness (QED) is 0.602. The highest BCUT2D eigenvalue weighted by Gasteiger charge is 2.14. The lowest BCUT2D eigenvalue weighted by Crippen LogP contribution is -1.94. The number of hydrogen-bond donors (Lipinski definition) is 0. The van der Waals surface area contributed by atoms with Crippen LogP contribution in [0.2, 0.25) is 10.3 Å². The van der Waals surface area contributed by atoms with Gasteiger partial charge in [-0.25, -0.2) is 14.4 Å². The first-order chi connectivity index (χ1) is 10.1. The fourth-order valence-electron chi connectivity index (χ4n) is 1.98. The summed E-state index contributed by atoms with van der Waals surface area (Å²) in [6.07, 6.45) is 0. The van der Waals surface area contributed by atoms with Crippen molar-refractivity contribution in [2.45, 2.75) is 0 Å². The van der Waals surface area contributed by atoms with Gasteiger partial charge in [-0.2, -0.15) is 0 Å². The molecule has 21 heavy (non-hydrogen) atoms. The predicted molar refractivity (Wildman–Crippen MR) is 82.9 cm³/mol. The summed E-state index contributed by atoms with van der Waals surface area (Å²) in [6, 6.07) is 15.3. The molecular formula is C16H9Cl2FN2. The Kier molecular flexibility index (Phi) is 3.86. The predicted octanol–water partition coefficient (Wildman–Crippen LogP) is 5.26. The monoisotopic (exact) mass is 318 g/mol. The molecule has 0 saturated heterocycles. The van der Waals surface area contributed by atoms with E-state index in [1.165, 1.54) is 12.1 Å². The van der Waals surface area contributed by atoms with Crippen LogP contribution in [0.4, 0.5) is 4.39 Å². The van der Waals surface area contributed by atoms with E-state index in [1.807, 2.05) is 30.3 Å². The molecule has 0 aliphatic carbocycles. The molecule has 2 aromatic carbocycles. The largest absolute Gasteiger partial charge is 0.216 e. The molecule has 3 rings (SSSR count). The van der Waals surface area contributed by atoms with Crippen molar-refractivity contribution in [2.24, 2.45) is 0 Å². The second-order valence-electron chi connectivity index (χ2n) is 4.38. The molecule has 104 valence electrons. The Morgan fingerprint density at radius 3 is 1.86 bits per heavy atom. The molecule has 0 N–H and O–H groups in total. The second kappa shape index (κ2) is 5.80. The average molecular weight is 319 g/mol. The van der Waals surface area contributed by atoms with E-state index in [-0.39, 0.29) is 16.1 Å². The smallest absolute Gasteiger partial charge is 0.162 e. The van der Waals surface area contributed by atoms with Crippen molar-refractivity contribution in [2.75, 3.05) is 0 Å². The van der Waals surface area contributed by atoms with Gasteiger partial charge in [0, 0.05) is 5.56 Å². The molecule has 0 aliphatic heterocycles. The minimum atomic E-state index is -0.322. The van der Waals surface area contributed by atoms with Gasteiger partial charge in [-0.15, -0.1) is 0 Å². The number of halogens is 3. The number of aromatic nitrogens is 2. The van der Waals surface area contributed by atoms with Crippen LogP contribution in [0.3, 0.4) is 0 Å². The van der Waals surface area contributed by atoms with Gasteiger partial charge < -0.3 is 0 Å². The van der Waals surface area contributed by atoms with Crippen molar-refractivity contribution in [1.82, 2.24) is 9.97 Å². The maximum Gasteiger partial charge on any atom is 0.162 e. The van der Waals surface area contributed by atoms with Gasteiger partial charge in [-0.05, 0) is 29.8 Å². The SMILES string of the molecule is Fc1ccc(-c2nc(Cl)c(-c3ccccc3)c(Cl)n2)cc1. The van der Waals surface area contributed by atoms with E-state index >= 15 is 0 Å². The zero-order valence-corrected chi connectivity index (χ0v) is 12.2. The van der Waals surface area contributed by atoms with Gasteiger partial charge in [0.2, 0.25) is 0 Å². The number of nitrogens with zero attached hydrogens (tertiary/aromatic N) is 2. The van der Waals surface area contributed by atoms with Gasteiger partial charge in [-0.1, -0.05) is 53.5 Å². The van der Waals surface area contributed by atoms with Crippen molar-refractivity contribution in [1.29, 1.82) is 0 Å². The molecule has 0 amide bonds. The third-order valence-corrected chi connectivity index (χ3v) is 3.53. The van der Waals surface area contributed by atoms with Gasteiger partial charge >= 0.3 is 0 Å². The number of hydrogen-bond acceptors (Lipinski definition) is 2. The summed E-state index contributed by atoms with van der Waals surface area (Å²) < 4.78 is 13.0. The average Bonchev–Trinajstić information content (AvgIpc) is 2.48. The van der Waals surface area contributed by atoms with Crippen LogP contribution in [0.15, 0.2) is 54.6 Å². The summed E-state index contributed by atoms with van der Waals surface area (Å²) >= 11 is 12.5. The van der Waals surface area contributed by atoms with Crippen LogP contribution in [0.25, 0.3) is 22.5 Å². The van der Waals surface area contributed by atoms with E-state index in [2.05, 4.69) is 9.97 Å². The Morgan fingerprint density at radius 2 is 1.29 bits per heavy atom. The first-order valence-corrected chi connectivity index (χ1v) is 6.95. The first-order valence-electron chi connectivity index (χ1n) is 6.19. The topological polar surface area (TPSA) is 25.8 Å². The van der Waals surface area contributed by atoms with Crippen LogP contribution >= 0.6 is 23.2 Å². The normalized spacial score (nSPS) is 10.6. The molecule has 0 unspecified atom stereocenters. The fourth-order valence-corrected chi connectivity index (χ4v) is 2.58. The maximum absolute atomic E-state index is 13.0. The summed E-state index contributed by atoms with van der Waals surface area (Å²) in [5, 5.41) is 0.529. The number of rotatable bonds is 2. The van der Waals surface area contributed by atoms with Gasteiger partial charge in [-0.3, -0.25) is 0 Å². The molecule has 0 radical (unpaired) electrons. The standard InChI is InChI=1S/C16H9Cl2FN2/c17-14-13(10-4-2-1-3-5-10)15(18)21-16(20-14)11-6-8-12(19)9-7-11/h1-9H. The molecule has 1 aromatic heterocycles. The summed E-state index contributed by atoms with van der Waals surface area (Å²) in [6.45, 7) is 0. The summed E-state index contributed by atoms with van der Waals surface area (Å²) in [5.41, 5.74) is 2.09. The third kappa shape index (κ3) is 2.89. The highest BCUT2D eigenvalue weighted by Crippen LogP contribution is 2.33. The number of benzene rings is 2. The Balaban J connectivity index is 2.10. The zero-order valence-electron chi connectivity index (χ0n) is 10.7. The first kappa shape index (κ1) is 14.0. The van der Waals surface area contributed by atoms with Crippen LogP contribution in [0, 0.1) is 5.82 Å². The van der Waals surface area contributed by atoms with E-state index in [9.17, 15) is 4.39 Å². The van der Waals surface area contributed by atoms with Gasteiger partial charge in [0.1, 0.15) is 16.1 Å². The Labute approximate surface area is 131 Å². The molecule has 3 aromatic rings. The Bertz CT molecular complexity index is 751. The molecule has 1 heterocycles. The van der Waals surface area contributed by atoms with Crippen molar-refractivity contribution in [3.8, 4) is 22.5 Å². The van der Waals surface area contributed by atoms with Crippen LogP contribution in [-0.4, -0.2) is 9.97 Å². The van der Waals surface area contributed by atoms with Crippen LogP contribution in [0.5, 0.6) is 0 Å². The van der Waals surface area contributed by atoms with Crippen molar-refractivity contribution in [3.63, 3.8) is 0 Å². The molecule has 5 heteroatoms. The Morgan fingerprint density at radius 1 is 0.714 bits per heavy atom. The van der Waals surface area contributed by atoms with Crippen molar-refractivity contribution >= 4 is 23.2 Å². The van der Waals surface area contributed by atoms with Gasteiger partial charge in [0.15, 0.2) is 5.82 Å². The van der Waals surface area contributed by atoms with E-state index in [0.717, 1.165) is 5.56 Å². The summed E-state index contributed by atoms with van der Waals surface area (Å²) in [5.74, 6) is 0.0431.